The van der Waals surface area contributed by atoms with Crippen LogP contribution in [-0.2, 0) is 19.0 Å². The number of rotatable bonds is 2. The van der Waals surface area contributed by atoms with E-state index in [1.807, 2.05) is 13.8 Å². The molecule has 0 radical (unpaired) electrons. The number of aliphatic hydroxyl groups is 1. The molecule has 0 unspecified atom stereocenters. The fraction of sp³-hybridized carbons (Fsp3) is 0.909. The van der Waals surface area contributed by atoms with Gasteiger partial charge in [0.05, 0.1) is 6.10 Å². The topological polar surface area (TPSA) is 65.0 Å². The summed E-state index contributed by atoms with van der Waals surface area (Å²) in [6.07, 6.45) is -0.136. The summed E-state index contributed by atoms with van der Waals surface area (Å²) in [4.78, 5) is 11.0. The summed E-state index contributed by atoms with van der Waals surface area (Å²) in [6.45, 7) is 5.05. The van der Waals surface area contributed by atoms with Gasteiger partial charge in [0.25, 0.3) is 0 Å². The van der Waals surface area contributed by atoms with E-state index in [1.54, 1.807) is 0 Å². The van der Waals surface area contributed by atoms with E-state index in [2.05, 4.69) is 0 Å². The Bertz CT molecular complexity index is 288. The second-order valence-electron chi connectivity index (χ2n) is 4.89. The number of carbonyl (C=O) groups is 1. The fourth-order valence-electron chi connectivity index (χ4n) is 2.54. The van der Waals surface area contributed by atoms with Gasteiger partial charge in [0.2, 0.25) is 0 Å². The molecule has 2 fully saturated rings. The molecule has 5 heteroatoms. The third-order valence-corrected chi connectivity index (χ3v) is 3.08. The maximum atomic E-state index is 11.0. The quantitative estimate of drug-likeness (QED) is 0.698. The van der Waals surface area contributed by atoms with Crippen LogP contribution >= 0.6 is 0 Å². The summed E-state index contributed by atoms with van der Waals surface area (Å²) in [7, 11) is 0. The standard InChI is InChI=1S/C11H18O5/c1-6(13)14-8-4-7(5-12)9-10(8)16-11(2,3)15-9/h7-10,12H,4-5H2,1-3H3/t7-,8-,9-,10+/m0/s1. The Kier molecular flexibility index (Phi) is 2.94. The van der Waals surface area contributed by atoms with Gasteiger partial charge in [-0.2, -0.15) is 0 Å². The molecule has 1 heterocycles. The average Bonchev–Trinajstić information content (AvgIpc) is 2.60. The molecule has 1 N–H and O–H groups in total. The highest BCUT2D eigenvalue weighted by atomic mass is 16.8. The van der Waals surface area contributed by atoms with E-state index in [-0.39, 0.29) is 36.8 Å². The smallest absolute Gasteiger partial charge is 0.302 e. The molecule has 0 amide bonds. The van der Waals surface area contributed by atoms with E-state index < -0.39 is 5.79 Å². The number of fused-ring (bicyclic) bond motifs is 1. The molecule has 1 saturated carbocycles. The third kappa shape index (κ3) is 2.07. The minimum absolute atomic E-state index is 0.0175. The van der Waals surface area contributed by atoms with E-state index in [1.165, 1.54) is 6.92 Å². The summed E-state index contributed by atoms with van der Waals surface area (Å²) in [5, 5.41) is 9.26. The van der Waals surface area contributed by atoms with Crippen molar-refractivity contribution in [2.75, 3.05) is 6.61 Å². The SMILES string of the molecule is CC(=O)O[C@H]1C[C@@H](CO)[C@@H]2OC(C)(C)O[C@@H]21. The average molecular weight is 230 g/mol. The summed E-state index contributed by atoms with van der Waals surface area (Å²) in [5.41, 5.74) is 0. The highest BCUT2D eigenvalue weighted by Crippen LogP contribution is 2.42. The Morgan fingerprint density at radius 1 is 1.44 bits per heavy atom. The molecule has 92 valence electrons. The second kappa shape index (κ2) is 3.98. The highest BCUT2D eigenvalue weighted by molar-refractivity contribution is 5.66. The van der Waals surface area contributed by atoms with Crippen molar-refractivity contribution in [1.29, 1.82) is 0 Å². The van der Waals surface area contributed by atoms with E-state index in [0.717, 1.165) is 0 Å². The number of ether oxygens (including phenoxy) is 3. The molecule has 0 aromatic carbocycles. The predicted molar refractivity (Wildman–Crippen MR) is 54.6 cm³/mol. The molecule has 0 aromatic rings. The van der Waals surface area contributed by atoms with Crippen LogP contribution in [0.1, 0.15) is 27.2 Å². The lowest BCUT2D eigenvalue weighted by Gasteiger charge is -2.22. The summed E-state index contributed by atoms with van der Waals surface area (Å²) in [6, 6.07) is 0. The van der Waals surface area contributed by atoms with Gasteiger partial charge in [-0.25, -0.2) is 0 Å². The zero-order valence-corrected chi connectivity index (χ0v) is 9.80. The van der Waals surface area contributed by atoms with Crippen molar-refractivity contribution in [1.82, 2.24) is 0 Å². The first-order valence-corrected chi connectivity index (χ1v) is 5.56. The molecule has 0 bridgehead atoms. The first-order chi connectivity index (χ1) is 7.43. The fourth-order valence-corrected chi connectivity index (χ4v) is 2.54. The van der Waals surface area contributed by atoms with Crippen molar-refractivity contribution in [2.24, 2.45) is 5.92 Å². The van der Waals surface area contributed by atoms with E-state index in [9.17, 15) is 9.90 Å². The molecule has 16 heavy (non-hydrogen) atoms. The Labute approximate surface area is 94.7 Å². The van der Waals surface area contributed by atoms with E-state index in [4.69, 9.17) is 14.2 Å². The van der Waals surface area contributed by atoms with Gasteiger partial charge in [-0.3, -0.25) is 4.79 Å². The Balaban J connectivity index is 2.11. The molecule has 2 aliphatic rings. The molecule has 1 aliphatic heterocycles. The van der Waals surface area contributed by atoms with Crippen molar-refractivity contribution >= 4 is 5.97 Å². The van der Waals surface area contributed by atoms with Gasteiger partial charge >= 0.3 is 5.97 Å². The molecule has 0 aromatic heterocycles. The lowest BCUT2D eigenvalue weighted by Crippen LogP contribution is -2.32. The van der Waals surface area contributed by atoms with Gasteiger partial charge in [0.1, 0.15) is 12.2 Å². The van der Waals surface area contributed by atoms with Gasteiger partial charge in [-0.15, -0.1) is 0 Å². The molecule has 0 spiro atoms. The number of aliphatic hydroxyl groups excluding tert-OH is 1. The Morgan fingerprint density at radius 3 is 2.62 bits per heavy atom. The number of carbonyl (C=O) groups excluding carboxylic acids is 1. The second-order valence-corrected chi connectivity index (χ2v) is 4.89. The van der Waals surface area contributed by atoms with Crippen LogP contribution in [0.25, 0.3) is 0 Å². The minimum atomic E-state index is -0.665. The molecular weight excluding hydrogens is 212 g/mol. The van der Waals surface area contributed by atoms with E-state index in [0.29, 0.717) is 6.42 Å². The summed E-state index contributed by atoms with van der Waals surface area (Å²) in [5.74, 6) is -1.01. The molecule has 4 atom stereocenters. The normalized spacial score (nSPS) is 40.8. The number of hydrogen-bond acceptors (Lipinski definition) is 5. The lowest BCUT2D eigenvalue weighted by atomic mass is 10.1. The van der Waals surface area contributed by atoms with Crippen molar-refractivity contribution < 1.29 is 24.1 Å². The monoisotopic (exact) mass is 230 g/mol. The van der Waals surface area contributed by atoms with Gasteiger partial charge < -0.3 is 19.3 Å². The Morgan fingerprint density at radius 2 is 2.06 bits per heavy atom. The van der Waals surface area contributed by atoms with Crippen molar-refractivity contribution in [3.05, 3.63) is 0 Å². The van der Waals surface area contributed by atoms with E-state index >= 15 is 0 Å². The maximum Gasteiger partial charge on any atom is 0.302 e. The van der Waals surface area contributed by atoms with Crippen LogP contribution in [0.5, 0.6) is 0 Å². The maximum absolute atomic E-state index is 11.0. The van der Waals surface area contributed by atoms with Crippen molar-refractivity contribution in [2.45, 2.75) is 51.3 Å². The van der Waals surface area contributed by atoms with Gasteiger partial charge in [0.15, 0.2) is 5.79 Å². The number of hydrogen-bond donors (Lipinski definition) is 1. The first-order valence-electron chi connectivity index (χ1n) is 5.56. The minimum Gasteiger partial charge on any atom is -0.460 e. The van der Waals surface area contributed by atoms with Gasteiger partial charge in [0, 0.05) is 19.4 Å². The largest absolute Gasteiger partial charge is 0.460 e. The summed E-state index contributed by atoms with van der Waals surface area (Å²) >= 11 is 0. The van der Waals surface area contributed by atoms with Crippen molar-refractivity contribution in [3.8, 4) is 0 Å². The molecule has 5 nitrogen and oxygen atoms in total. The Hall–Kier alpha value is -0.650. The van der Waals surface area contributed by atoms with Crippen LogP contribution in [0.15, 0.2) is 0 Å². The van der Waals surface area contributed by atoms with Crippen LogP contribution < -0.4 is 0 Å². The van der Waals surface area contributed by atoms with Crippen LogP contribution in [0.2, 0.25) is 0 Å². The first kappa shape index (κ1) is 11.8. The zero-order valence-electron chi connectivity index (χ0n) is 9.80. The van der Waals surface area contributed by atoms with Gasteiger partial charge in [-0.1, -0.05) is 0 Å². The molecular formula is C11H18O5. The number of esters is 1. The molecule has 2 rings (SSSR count). The van der Waals surface area contributed by atoms with Crippen LogP contribution in [0.3, 0.4) is 0 Å². The zero-order chi connectivity index (χ0) is 11.9. The molecule has 1 saturated heterocycles. The van der Waals surface area contributed by atoms with Crippen LogP contribution in [0.4, 0.5) is 0 Å². The highest BCUT2D eigenvalue weighted by Gasteiger charge is 2.55. The molecule has 1 aliphatic carbocycles. The van der Waals surface area contributed by atoms with Crippen molar-refractivity contribution in [3.63, 3.8) is 0 Å². The predicted octanol–water partition coefficient (Wildman–Crippen LogP) is 0.450. The lowest BCUT2D eigenvalue weighted by molar-refractivity contribution is -0.178. The van der Waals surface area contributed by atoms with Crippen LogP contribution in [-0.4, -0.2) is 41.8 Å². The third-order valence-electron chi connectivity index (χ3n) is 3.08. The van der Waals surface area contributed by atoms with Gasteiger partial charge in [-0.05, 0) is 20.3 Å². The van der Waals surface area contributed by atoms with Crippen LogP contribution in [0, 0.1) is 5.92 Å². The summed E-state index contributed by atoms with van der Waals surface area (Å²) < 4.78 is 16.6.